The van der Waals surface area contributed by atoms with E-state index in [0.717, 1.165) is 35.5 Å². The minimum atomic E-state index is -0.243. The first-order chi connectivity index (χ1) is 13.1. The van der Waals surface area contributed by atoms with Gasteiger partial charge in [-0.05, 0) is 37.1 Å². The molecule has 2 aromatic rings. The summed E-state index contributed by atoms with van der Waals surface area (Å²) in [5.41, 5.74) is 2.82. The van der Waals surface area contributed by atoms with Crippen LogP contribution in [0, 0.1) is 0 Å². The van der Waals surface area contributed by atoms with E-state index in [-0.39, 0.29) is 18.0 Å². The summed E-state index contributed by atoms with van der Waals surface area (Å²) in [6.45, 7) is 3.11. The lowest BCUT2D eigenvalue weighted by Crippen LogP contribution is -2.36. The fourth-order valence-electron chi connectivity index (χ4n) is 3.25. The summed E-state index contributed by atoms with van der Waals surface area (Å²) in [7, 11) is 1.62. The van der Waals surface area contributed by atoms with Gasteiger partial charge >= 0.3 is 6.03 Å². The van der Waals surface area contributed by atoms with Gasteiger partial charge in [0.2, 0.25) is 5.91 Å². The van der Waals surface area contributed by atoms with Gasteiger partial charge in [0.1, 0.15) is 5.75 Å². The predicted octanol–water partition coefficient (Wildman–Crippen LogP) is 3.38. The van der Waals surface area contributed by atoms with E-state index in [1.807, 2.05) is 55.5 Å². The number of hydrogen-bond acceptors (Lipinski definition) is 3. The van der Waals surface area contributed by atoms with Gasteiger partial charge in [-0.15, -0.1) is 0 Å². The number of carbonyl (C=O) groups is 2. The first-order valence-corrected chi connectivity index (χ1v) is 9.15. The Hall–Kier alpha value is -3.02. The number of nitrogens with zero attached hydrogens (tertiary/aromatic N) is 1. The lowest BCUT2D eigenvalue weighted by molar-refractivity contribution is -0.117. The second-order valence-corrected chi connectivity index (χ2v) is 6.61. The van der Waals surface area contributed by atoms with E-state index in [2.05, 4.69) is 10.6 Å². The maximum atomic E-state index is 12.2. The molecule has 6 nitrogen and oxygen atoms in total. The summed E-state index contributed by atoms with van der Waals surface area (Å²) in [4.78, 5) is 25.8. The van der Waals surface area contributed by atoms with Gasteiger partial charge in [0.15, 0.2) is 0 Å². The van der Waals surface area contributed by atoms with Crippen molar-refractivity contribution in [1.82, 2.24) is 10.6 Å². The van der Waals surface area contributed by atoms with Gasteiger partial charge in [0.05, 0.1) is 13.2 Å². The molecule has 0 aliphatic carbocycles. The average molecular weight is 367 g/mol. The van der Waals surface area contributed by atoms with Crippen LogP contribution in [0.5, 0.6) is 5.75 Å². The molecule has 0 spiro atoms. The van der Waals surface area contributed by atoms with E-state index in [1.54, 1.807) is 12.0 Å². The number of methoxy groups -OCH3 is 1. The summed E-state index contributed by atoms with van der Waals surface area (Å²) in [5.74, 6) is 0.919. The molecule has 3 amide bonds. The quantitative estimate of drug-likeness (QED) is 0.822. The van der Waals surface area contributed by atoms with Crippen molar-refractivity contribution in [3.05, 3.63) is 59.7 Å². The second kappa shape index (κ2) is 8.58. The molecule has 1 atom stereocenters. The van der Waals surface area contributed by atoms with E-state index in [1.165, 1.54) is 0 Å². The second-order valence-electron chi connectivity index (χ2n) is 6.61. The molecule has 0 bridgehead atoms. The van der Waals surface area contributed by atoms with Gasteiger partial charge in [-0.1, -0.05) is 30.3 Å². The highest BCUT2D eigenvalue weighted by molar-refractivity contribution is 5.95. The highest BCUT2D eigenvalue weighted by atomic mass is 16.5. The zero-order chi connectivity index (χ0) is 19.2. The van der Waals surface area contributed by atoms with Crippen LogP contribution in [0.15, 0.2) is 48.5 Å². The number of amides is 3. The molecular weight excluding hydrogens is 342 g/mol. The fraction of sp³-hybridized carbons (Fsp3) is 0.333. The van der Waals surface area contributed by atoms with E-state index >= 15 is 0 Å². The molecule has 2 aromatic carbocycles. The number of carbonyl (C=O) groups excluding carboxylic acids is 2. The van der Waals surface area contributed by atoms with Crippen molar-refractivity contribution in [2.75, 3.05) is 18.6 Å². The Morgan fingerprint density at radius 2 is 1.93 bits per heavy atom. The predicted molar refractivity (Wildman–Crippen MR) is 105 cm³/mol. The number of anilines is 1. The highest BCUT2D eigenvalue weighted by Crippen LogP contribution is 2.24. The Kier molecular flexibility index (Phi) is 5.96. The molecule has 1 aliphatic rings. The van der Waals surface area contributed by atoms with Gasteiger partial charge in [0, 0.05) is 30.8 Å². The van der Waals surface area contributed by atoms with Crippen LogP contribution in [0.3, 0.4) is 0 Å². The minimum Gasteiger partial charge on any atom is -0.496 e. The van der Waals surface area contributed by atoms with Crippen molar-refractivity contribution in [3.8, 4) is 5.75 Å². The minimum absolute atomic E-state index is 0.172. The van der Waals surface area contributed by atoms with Crippen molar-refractivity contribution >= 4 is 17.6 Å². The van der Waals surface area contributed by atoms with Crippen LogP contribution < -0.4 is 20.3 Å². The van der Waals surface area contributed by atoms with Crippen LogP contribution in [-0.2, 0) is 11.3 Å². The topological polar surface area (TPSA) is 70.7 Å². The summed E-state index contributed by atoms with van der Waals surface area (Å²) in [6, 6.07) is 14.9. The SMILES string of the molecule is COc1ccccc1[C@@H](C)NC(=O)NCc1ccc(N2CCCC2=O)cc1. The average Bonchev–Trinajstić information content (AvgIpc) is 3.12. The van der Waals surface area contributed by atoms with E-state index < -0.39 is 0 Å². The standard InChI is InChI=1S/C21H25N3O3/c1-15(18-6-3-4-7-19(18)27-2)23-21(26)22-14-16-9-11-17(12-10-16)24-13-5-8-20(24)25/h3-4,6-7,9-12,15H,5,8,13-14H2,1-2H3,(H2,22,23,26)/t15-/m1/s1. The molecule has 27 heavy (non-hydrogen) atoms. The number of rotatable bonds is 6. The van der Waals surface area contributed by atoms with Crippen molar-refractivity contribution in [2.45, 2.75) is 32.4 Å². The van der Waals surface area contributed by atoms with Crippen molar-refractivity contribution in [3.63, 3.8) is 0 Å². The van der Waals surface area contributed by atoms with Gasteiger partial charge < -0.3 is 20.3 Å². The molecule has 1 heterocycles. The van der Waals surface area contributed by atoms with Gasteiger partial charge in [-0.2, -0.15) is 0 Å². The zero-order valence-electron chi connectivity index (χ0n) is 15.7. The monoisotopic (exact) mass is 367 g/mol. The number of urea groups is 1. The van der Waals surface area contributed by atoms with Gasteiger partial charge in [-0.3, -0.25) is 4.79 Å². The molecule has 6 heteroatoms. The van der Waals surface area contributed by atoms with Crippen LogP contribution in [0.1, 0.15) is 36.9 Å². The Labute approximate surface area is 159 Å². The normalized spacial score (nSPS) is 14.7. The lowest BCUT2D eigenvalue weighted by Gasteiger charge is -2.18. The van der Waals surface area contributed by atoms with Crippen molar-refractivity contribution < 1.29 is 14.3 Å². The van der Waals surface area contributed by atoms with E-state index in [9.17, 15) is 9.59 Å². The van der Waals surface area contributed by atoms with Crippen LogP contribution in [0.4, 0.5) is 10.5 Å². The molecule has 1 aliphatic heterocycles. The Balaban J connectivity index is 1.52. The first-order valence-electron chi connectivity index (χ1n) is 9.15. The molecule has 3 rings (SSSR count). The molecule has 0 radical (unpaired) electrons. The Bertz CT molecular complexity index is 805. The maximum Gasteiger partial charge on any atom is 0.315 e. The summed E-state index contributed by atoms with van der Waals surface area (Å²) in [5, 5.41) is 5.78. The fourth-order valence-corrected chi connectivity index (χ4v) is 3.25. The number of benzene rings is 2. The zero-order valence-corrected chi connectivity index (χ0v) is 15.7. The van der Waals surface area contributed by atoms with E-state index in [0.29, 0.717) is 13.0 Å². The van der Waals surface area contributed by atoms with Crippen LogP contribution in [0.25, 0.3) is 0 Å². The molecule has 0 aromatic heterocycles. The van der Waals surface area contributed by atoms with Crippen molar-refractivity contribution in [1.29, 1.82) is 0 Å². The summed E-state index contributed by atoms with van der Waals surface area (Å²) in [6.07, 6.45) is 1.53. The number of para-hydroxylation sites is 1. The highest BCUT2D eigenvalue weighted by Gasteiger charge is 2.21. The van der Waals surface area contributed by atoms with Crippen LogP contribution in [-0.4, -0.2) is 25.6 Å². The largest absolute Gasteiger partial charge is 0.496 e. The van der Waals surface area contributed by atoms with E-state index in [4.69, 9.17) is 4.74 Å². The van der Waals surface area contributed by atoms with Gasteiger partial charge in [0.25, 0.3) is 0 Å². The lowest BCUT2D eigenvalue weighted by atomic mass is 10.1. The third-order valence-corrected chi connectivity index (χ3v) is 4.73. The number of ether oxygens (including phenoxy) is 1. The molecule has 2 N–H and O–H groups in total. The number of nitrogens with one attached hydrogen (secondary N) is 2. The molecule has 1 fully saturated rings. The van der Waals surface area contributed by atoms with Gasteiger partial charge in [-0.25, -0.2) is 4.79 Å². The molecule has 0 unspecified atom stereocenters. The Morgan fingerprint density at radius 1 is 1.19 bits per heavy atom. The van der Waals surface area contributed by atoms with Crippen molar-refractivity contribution in [2.24, 2.45) is 0 Å². The molecule has 0 saturated carbocycles. The molecule has 142 valence electrons. The summed E-state index contributed by atoms with van der Waals surface area (Å²) >= 11 is 0. The Morgan fingerprint density at radius 3 is 2.59 bits per heavy atom. The number of hydrogen-bond donors (Lipinski definition) is 2. The molecule has 1 saturated heterocycles. The summed E-state index contributed by atoms with van der Waals surface area (Å²) < 4.78 is 5.34. The molecular formula is C21H25N3O3. The third-order valence-electron chi connectivity index (χ3n) is 4.73. The smallest absolute Gasteiger partial charge is 0.315 e. The first kappa shape index (κ1) is 18.8. The van der Waals surface area contributed by atoms with Crippen LogP contribution in [0.2, 0.25) is 0 Å². The van der Waals surface area contributed by atoms with Crippen LogP contribution >= 0.6 is 0 Å². The maximum absolute atomic E-state index is 12.2. The third kappa shape index (κ3) is 4.58.